The molecule has 0 spiro atoms. The molecule has 0 fully saturated rings. The molecule has 4 rings (SSSR count). The van der Waals surface area contributed by atoms with E-state index in [0.29, 0.717) is 11.3 Å². The molecule has 0 atom stereocenters. The van der Waals surface area contributed by atoms with Gasteiger partial charge in [0.1, 0.15) is 5.75 Å². The highest BCUT2D eigenvalue weighted by atomic mass is 32.1. The van der Waals surface area contributed by atoms with Crippen LogP contribution in [0.5, 0.6) is 5.75 Å². The molecule has 27 heavy (non-hydrogen) atoms. The summed E-state index contributed by atoms with van der Waals surface area (Å²) in [4.78, 5) is 16.6. The number of hydrogen-bond donors (Lipinski definition) is 1. The molecule has 1 heterocycles. The molecule has 0 amide bonds. The van der Waals surface area contributed by atoms with E-state index in [1.54, 1.807) is 42.6 Å². The number of benzene rings is 3. The van der Waals surface area contributed by atoms with Gasteiger partial charge in [0.05, 0.1) is 22.0 Å². The number of hydrazone groups is 1. The number of anilines is 1. The Morgan fingerprint density at radius 1 is 1.00 bits per heavy atom. The Kier molecular flexibility index (Phi) is 4.89. The van der Waals surface area contributed by atoms with Gasteiger partial charge < -0.3 is 4.74 Å². The van der Waals surface area contributed by atoms with Crippen LogP contribution < -0.4 is 10.2 Å². The minimum absolute atomic E-state index is 0.391. The molecule has 0 saturated carbocycles. The zero-order chi connectivity index (χ0) is 18.5. The monoisotopic (exact) mass is 373 g/mol. The summed E-state index contributed by atoms with van der Waals surface area (Å²) in [5.41, 5.74) is 5.19. The first kappa shape index (κ1) is 16.9. The average Bonchev–Trinajstić information content (AvgIpc) is 3.12. The highest BCUT2D eigenvalue weighted by Crippen LogP contribution is 2.25. The van der Waals surface area contributed by atoms with Crippen molar-refractivity contribution in [1.82, 2.24) is 4.98 Å². The lowest BCUT2D eigenvalue weighted by atomic mass is 10.2. The van der Waals surface area contributed by atoms with Crippen molar-refractivity contribution in [2.45, 2.75) is 0 Å². The van der Waals surface area contributed by atoms with E-state index < -0.39 is 5.97 Å². The Bertz CT molecular complexity index is 1070. The van der Waals surface area contributed by atoms with E-state index in [0.717, 1.165) is 20.9 Å². The Morgan fingerprint density at radius 3 is 2.67 bits per heavy atom. The Labute approximate surface area is 160 Å². The lowest BCUT2D eigenvalue weighted by molar-refractivity contribution is 0.0735. The van der Waals surface area contributed by atoms with Crippen molar-refractivity contribution in [1.29, 1.82) is 0 Å². The lowest BCUT2D eigenvalue weighted by Crippen LogP contribution is -2.08. The van der Waals surface area contributed by atoms with Gasteiger partial charge in [-0.25, -0.2) is 9.78 Å². The zero-order valence-electron chi connectivity index (χ0n) is 14.2. The van der Waals surface area contributed by atoms with Gasteiger partial charge >= 0.3 is 5.97 Å². The average molecular weight is 373 g/mol. The van der Waals surface area contributed by atoms with Gasteiger partial charge in [0, 0.05) is 0 Å². The van der Waals surface area contributed by atoms with Gasteiger partial charge in [-0.3, -0.25) is 5.43 Å². The molecule has 3 aromatic carbocycles. The fourth-order valence-corrected chi connectivity index (χ4v) is 3.30. The van der Waals surface area contributed by atoms with Gasteiger partial charge in [0.25, 0.3) is 0 Å². The maximum atomic E-state index is 12.1. The van der Waals surface area contributed by atoms with Crippen LogP contribution in [0.4, 0.5) is 5.13 Å². The molecule has 5 nitrogen and oxygen atoms in total. The van der Waals surface area contributed by atoms with E-state index in [1.807, 2.05) is 42.5 Å². The third kappa shape index (κ3) is 4.19. The number of para-hydroxylation sites is 1. The molecule has 1 N–H and O–H groups in total. The molecule has 132 valence electrons. The highest BCUT2D eigenvalue weighted by Gasteiger charge is 2.07. The summed E-state index contributed by atoms with van der Waals surface area (Å²) in [6.45, 7) is 0. The maximum absolute atomic E-state index is 12.1. The van der Waals surface area contributed by atoms with Crippen molar-refractivity contribution in [3.63, 3.8) is 0 Å². The van der Waals surface area contributed by atoms with Crippen LogP contribution in [-0.2, 0) is 0 Å². The van der Waals surface area contributed by atoms with Crippen molar-refractivity contribution in [3.05, 3.63) is 90.0 Å². The number of ether oxygens (including phenoxy) is 1. The number of hydrogen-bond acceptors (Lipinski definition) is 6. The number of rotatable bonds is 5. The Balaban J connectivity index is 1.42. The van der Waals surface area contributed by atoms with Crippen LogP contribution in [0.15, 0.2) is 84.0 Å². The van der Waals surface area contributed by atoms with Crippen LogP contribution in [0.2, 0.25) is 0 Å². The number of fused-ring (bicyclic) bond motifs is 1. The molecule has 0 aliphatic rings. The van der Waals surface area contributed by atoms with Crippen molar-refractivity contribution in [2.75, 3.05) is 5.43 Å². The normalized spacial score (nSPS) is 11.0. The summed E-state index contributed by atoms with van der Waals surface area (Å²) in [7, 11) is 0. The summed E-state index contributed by atoms with van der Waals surface area (Å²) in [6.07, 6.45) is 1.66. The first-order valence-electron chi connectivity index (χ1n) is 8.30. The largest absolute Gasteiger partial charge is 0.423 e. The smallest absolute Gasteiger partial charge is 0.343 e. The van der Waals surface area contributed by atoms with Gasteiger partial charge in [-0.1, -0.05) is 53.8 Å². The predicted octanol–water partition coefficient (Wildman–Crippen LogP) is 4.96. The fraction of sp³-hybridized carbons (Fsp3) is 0. The minimum Gasteiger partial charge on any atom is -0.423 e. The number of carbonyl (C=O) groups is 1. The van der Waals surface area contributed by atoms with Crippen molar-refractivity contribution >= 4 is 38.9 Å². The number of carbonyl (C=O) groups excluding carboxylic acids is 1. The maximum Gasteiger partial charge on any atom is 0.343 e. The highest BCUT2D eigenvalue weighted by molar-refractivity contribution is 7.22. The molecule has 0 aliphatic heterocycles. The van der Waals surface area contributed by atoms with Gasteiger partial charge in [-0.05, 0) is 42.0 Å². The minimum atomic E-state index is -0.391. The third-order valence-corrected chi connectivity index (χ3v) is 4.69. The van der Waals surface area contributed by atoms with Crippen molar-refractivity contribution in [3.8, 4) is 5.75 Å². The molecule has 1 aromatic heterocycles. The number of nitrogens with zero attached hydrogens (tertiary/aromatic N) is 2. The van der Waals surface area contributed by atoms with Crippen LogP contribution in [0.3, 0.4) is 0 Å². The Morgan fingerprint density at radius 2 is 1.81 bits per heavy atom. The van der Waals surface area contributed by atoms with Crippen molar-refractivity contribution < 1.29 is 9.53 Å². The molecule has 0 unspecified atom stereocenters. The second-order valence-corrected chi connectivity index (χ2v) is 6.72. The topological polar surface area (TPSA) is 63.6 Å². The van der Waals surface area contributed by atoms with Gasteiger partial charge in [0.15, 0.2) is 0 Å². The van der Waals surface area contributed by atoms with Crippen LogP contribution in [0.1, 0.15) is 15.9 Å². The summed E-state index contributed by atoms with van der Waals surface area (Å²) in [6, 6.07) is 24.0. The second kappa shape index (κ2) is 7.80. The summed E-state index contributed by atoms with van der Waals surface area (Å²) in [5.74, 6) is 0.0741. The van der Waals surface area contributed by atoms with E-state index in [1.165, 1.54) is 11.3 Å². The quantitative estimate of drug-likeness (QED) is 0.232. The van der Waals surface area contributed by atoms with Crippen molar-refractivity contribution in [2.24, 2.45) is 5.10 Å². The molecular weight excluding hydrogens is 358 g/mol. The van der Waals surface area contributed by atoms with E-state index in [2.05, 4.69) is 15.5 Å². The standard InChI is InChI=1S/C21H15N3O2S/c25-20(16-8-2-1-3-9-16)26-17-10-6-7-15(13-17)14-22-24-21-23-18-11-4-5-12-19(18)27-21/h1-14H,(H,23,24). The molecular formula is C21H15N3O2S. The number of nitrogens with one attached hydrogen (secondary N) is 1. The van der Waals surface area contributed by atoms with Gasteiger partial charge in [-0.15, -0.1) is 0 Å². The van der Waals surface area contributed by atoms with E-state index >= 15 is 0 Å². The fourth-order valence-electron chi connectivity index (χ4n) is 2.48. The van der Waals surface area contributed by atoms with E-state index in [4.69, 9.17) is 4.74 Å². The van der Waals surface area contributed by atoms with Crippen LogP contribution in [-0.4, -0.2) is 17.2 Å². The van der Waals surface area contributed by atoms with E-state index in [-0.39, 0.29) is 0 Å². The predicted molar refractivity (Wildman–Crippen MR) is 109 cm³/mol. The summed E-state index contributed by atoms with van der Waals surface area (Å²) >= 11 is 1.54. The van der Waals surface area contributed by atoms with Crippen LogP contribution in [0.25, 0.3) is 10.2 Å². The molecule has 4 aromatic rings. The summed E-state index contributed by atoms with van der Waals surface area (Å²) < 4.78 is 6.52. The Hall–Kier alpha value is -3.51. The third-order valence-electron chi connectivity index (χ3n) is 3.75. The van der Waals surface area contributed by atoms with Gasteiger partial charge in [0.2, 0.25) is 5.13 Å². The molecule has 0 bridgehead atoms. The molecule has 0 radical (unpaired) electrons. The van der Waals surface area contributed by atoms with Crippen LogP contribution in [0, 0.1) is 0 Å². The SMILES string of the molecule is O=C(Oc1cccc(C=NNc2nc3ccccc3s2)c1)c1ccccc1. The number of thiazole rings is 1. The van der Waals surface area contributed by atoms with Gasteiger partial charge in [-0.2, -0.15) is 5.10 Å². The first-order valence-corrected chi connectivity index (χ1v) is 9.11. The summed E-state index contributed by atoms with van der Waals surface area (Å²) in [5, 5.41) is 4.94. The lowest BCUT2D eigenvalue weighted by Gasteiger charge is -2.04. The number of esters is 1. The van der Waals surface area contributed by atoms with Crippen LogP contribution >= 0.6 is 11.3 Å². The molecule has 0 saturated heterocycles. The molecule has 0 aliphatic carbocycles. The van der Waals surface area contributed by atoms with E-state index in [9.17, 15) is 4.79 Å². The number of aromatic nitrogens is 1. The molecule has 6 heteroatoms. The second-order valence-electron chi connectivity index (χ2n) is 5.68. The zero-order valence-corrected chi connectivity index (χ0v) is 15.0. The first-order chi connectivity index (χ1) is 13.3.